The Morgan fingerprint density at radius 3 is 2.81 bits per heavy atom. The summed E-state index contributed by atoms with van der Waals surface area (Å²) in [6.07, 6.45) is 9.86. The second-order valence-corrected chi connectivity index (χ2v) is 13.5. The van der Waals surface area contributed by atoms with Crippen LogP contribution in [0.2, 0.25) is 0 Å². The highest BCUT2D eigenvalue weighted by Gasteiger charge is 2.47. The molecule has 1 aromatic carbocycles. The van der Waals surface area contributed by atoms with Crippen molar-refractivity contribution in [3.63, 3.8) is 0 Å². The van der Waals surface area contributed by atoms with E-state index in [1.165, 1.54) is 61.4 Å². The molecule has 0 spiro atoms. The van der Waals surface area contributed by atoms with Crippen LogP contribution in [0.5, 0.6) is 6.01 Å². The molecule has 1 saturated carbocycles. The number of rotatable bonds is 7. The molecule has 2 aliphatic carbocycles. The normalized spacial score (nSPS) is 26.8. The summed E-state index contributed by atoms with van der Waals surface area (Å²) in [4.78, 5) is 32.0. The lowest BCUT2D eigenvalue weighted by Crippen LogP contribution is -2.55. The van der Waals surface area contributed by atoms with Crippen molar-refractivity contribution in [1.82, 2.24) is 19.8 Å². The molecule has 0 unspecified atom stereocenters. The molecular weight excluding hydrogens is 538 g/mol. The minimum Gasteiger partial charge on any atom is -0.461 e. The number of hydrogen-bond acceptors (Lipinski definition) is 8. The minimum atomic E-state index is -0.206. The van der Waals surface area contributed by atoms with Gasteiger partial charge in [0.15, 0.2) is 0 Å². The van der Waals surface area contributed by atoms with E-state index in [-0.39, 0.29) is 23.9 Å². The molecule has 0 N–H and O–H groups in total. The number of fused-ring (bicyclic) bond motifs is 5. The maximum Gasteiger partial charge on any atom is 0.318 e. The average Bonchev–Trinajstić information content (AvgIpc) is 3.32. The second-order valence-electron chi connectivity index (χ2n) is 13.5. The van der Waals surface area contributed by atoms with E-state index in [9.17, 15) is 10.1 Å². The summed E-state index contributed by atoms with van der Waals surface area (Å²) in [6, 6.07) is 9.40. The lowest BCUT2D eigenvalue weighted by molar-refractivity contribution is -0.128. The van der Waals surface area contributed by atoms with Gasteiger partial charge >= 0.3 is 6.01 Å². The summed E-state index contributed by atoms with van der Waals surface area (Å²) >= 11 is 0. The quantitative estimate of drug-likeness (QED) is 0.458. The third kappa shape index (κ3) is 4.57. The van der Waals surface area contributed by atoms with E-state index in [0.717, 1.165) is 55.9 Å². The fourth-order valence-electron chi connectivity index (χ4n) is 8.91. The lowest BCUT2D eigenvalue weighted by Gasteiger charge is -2.42. The molecule has 0 radical (unpaired) electrons. The fourth-order valence-corrected chi connectivity index (χ4v) is 8.91. The number of amides is 1. The maximum absolute atomic E-state index is 12.6. The summed E-state index contributed by atoms with van der Waals surface area (Å²) in [5.41, 5.74) is 6.83. The van der Waals surface area contributed by atoms with Gasteiger partial charge in [-0.05, 0) is 93.1 Å². The largest absolute Gasteiger partial charge is 0.461 e. The molecule has 9 heteroatoms. The van der Waals surface area contributed by atoms with E-state index in [0.29, 0.717) is 32.3 Å². The van der Waals surface area contributed by atoms with Crippen molar-refractivity contribution < 1.29 is 9.53 Å². The SMILES string of the molecule is C=CC(=O)N1CCN(c2nc(OCC34CCCN3CCC4)nc3c2CCN(c2cccc4c2[C@H]2C[C@H]2C4)C3)C[C@@H]1CC#N. The molecular formula is C34H41N7O2. The van der Waals surface area contributed by atoms with Gasteiger partial charge in [-0.3, -0.25) is 9.69 Å². The van der Waals surface area contributed by atoms with Gasteiger partial charge in [0.05, 0.1) is 36.3 Å². The standard InChI is InChI=1S/C34H41N7O2/c1-2-30(42)41-17-16-39(20-25(41)8-12-35)32-26-9-15-38(29-7-3-6-23-18-24-19-27(24)31(23)29)21-28(26)36-33(37-32)43-22-34-10-4-13-40(34)14-5-11-34/h2-3,6-7,24-25,27H,1,4-5,8-11,13-22H2/t24-,25+,27+/m1/s1. The predicted molar refractivity (Wildman–Crippen MR) is 164 cm³/mol. The highest BCUT2D eigenvalue weighted by molar-refractivity contribution is 5.87. The van der Waals surface area contributed by atoms with Crippen LogP contribution in [0.15, 0.2) is 30.9 Å². The van der Waals surface area contributed by atoms with E-state index >= 15 is 0 Å². The van der Waals surface area contributed by atoms with Gasteiger partial charge < -0.3 is 19.4 Å². The van der Waals surface area contributed by atoms with Gasteiger partial charge in [-0.15, -0.1) is 0 Å². The van der Waals surface area contributed by atoms with Crippen LogP contribution in [0.4, 0.5) is 11.5 Å². The molecule has 1 amide bonds. The zero-order valence-corrected chi connectivity index (χ0v) is 25.0. The van der Waals surface area contributed by atoms with Gasteiger partial charge in [-0.1, -0.05) is 18.7 Å². The van der Waals surface area contributed by atoms with Crippen LogP contribution in [-0.4, -0.2) is 83.1 Å². The zero-order chi connectivity index (χ0) is 29.1. The van der Waals surface area contributed by atoms with Crippen molar-refractivity contribution in [2.24, 2.45) is 5.92 Å². The summed E-state index contributed by atoms with van der Waals surface area (Å²) < 4.78 is 6.54. The van der Waals surface area contributed by atoms with Crippen LogP contribution >= 0.6 is 0 Å². The van der Waals surface area contributed by atoms with E-state index in [1.807, 2.05) is 0 Å². The molecule has 9 nitrogen and oxygen atoms in total. The van der Waals surface area contributed by atoms with Crippen molar-refractivity contribution in [3.05, 3.63) is 53.2 Å². The van der Waals surface area contributed by atoms with Crippen molar-refractivity contribution in [2.75, 3.05) is 55.7 Å². The first kappa shape index (κ1) is 26.9. The summed E-state index contributed by atoms with van der Waals surface area (Å²) in [6.45, 7) is 10.0. The molecule has 1 aromatic heterocycles. The number of aromatic nitrogens is 2. The Labute approximate surface area is 254 Å². The minimum absolute atomic E-state index is 0.116. The van der Waals surface area contributed by atoms with Gasteiger partial charge in [0.1, 0.15) is 12.4 Å². The molecule has 224 valence electrons. The van der Waals surface area contributed by atoms with Crippen LogP contribution in [0.3, 0.4) is 0 Å². The van der Waals surface area contributed by atoms with Gasteiger partial charge in [0, 0.05) is 37.4 Å². The first-order valence-corrected chi connectivity index (χ1v) is 16.3. The number of ether oxygens (including phenoxy) is 1. The maximum atomic E-state index is 12.6. The first-order valence-electron chi connectivity index (χ1n) is 16.3. The van der Waals surface area contributed by atoms with E-state index < -0.39 is 0 Å². The van der Waals surface area contributed by atoms with Gasteiger partial charge in [0.2, 0.25) is 5.91 Å². The van der Waals surface area contributed by atoms with Crippen molar-refractivity contribution in [2.45, 2.75) is 75.4 Å². The molecule has 3 atom stereocenters. The number of benzene rings is 1. The third-order valence-corrected chi connectivity index (χ3v) is 11.2. The molecule has 43 heavy (non-hydrogen) atoms. The third-order valence-electron chi connectivity index (χ3n) is 11.2. The zero-order valence-electron chi connectivity index (χ0n) is 25.0. The molecule has 0 bridgehead atoms. The Balaban J connectivity index is 1.12. The summed E-state index contributed by atoms with van der Waals surface area (Å²) in [5.74, 6) is 2.38. The number of nitriles is 1. The number of carbonyl (C=O) groups excluding carboxylic acids is 1. The Morgan fingerprint density at radius 2 is 2.00 bits per heavy atom. The summed E-state index contributed by atoms with van der Waals surface area (Å²) in [5, 5.41) is 9.57. The molecule has 3 saturated heterocycles. The van der Waals surface area contributed by atoms with Crippen molar-refractivity contribution in [1.29, 1.82) is 5.26 Å². The first-order chi connectivity index (χ1) is 21.1. The van der Waals surface area contributed by atoms with Crippen LogP contribution in [0.25, 0.3) is 0 Å². The van der Waals surface area contributed by atoms with Crippen LogP contribution < -0.4 is 14.5 Å². The number of piperazine rings is 1. The predicted octanol–water partition coefficient (Wildman–Crippen LogP) is 3.82. The number of nitrogens with zero attached hydrogens (tertiary/aromatic N) is 7. The average molecular weight is 580 g/mol. The number of anilines is 2. The van der Waals surface area contributed by atoms with Crippen LogP contribution in [-0.2, 0) is 24.2 Å². The number of hydrogen-bond donors (Lipinski definition) is 0. The fraction of sp³-hybridized carbons (Fsp3) is 0.588. The summed E-state index contributed by atoms with van der Waals surface area (Å²) in [7, 11) is 0. The molecule has 4 aliphatic heterocycles. The molecule has 5 heterocycles. The smallest absolute Gasteiger partial charge is 0.318 e. The Kier molecular flexibility index (Phi) is 6.59. The van der Waals surface area contributed by atoms with Crippen molar-refractivity contribution >= 4 is 17.4 Å². The number of carbonyl (C=O) groups is 1. The second kappa shape index (κ2) is 10.5. The van der Waals surface area contributed by atoms with Gasteiger partial charge in [-0.2, -0.15) is 15.2 Å². The van der Waals surface area contributed by atoms with Gasteiger partial charge in [0.25, 0.3) is 0 Å². The Bertz CT molecular complexity index is 1490. The highest BCUT2D eigenvalue weighted by Crippen LogP contribution is 2.59. The molecule has 2 aromatic rings. The van der Waals surface area contributed by atoms with E-state index in [4.69, 9.17) is 14.7 Å². The highest BCUT2D eigenvalue weighted by atomic mass is 16.5. The van der Waals surface area contributed by atoms with Gasteiger partial charge in [-0.25, -0.2) is 0 Å². The topological polar surface area (TPSA) is 88.8 Å². The Morgan fingerprint density at radius 1 is 1.14 bits per heavy atom. The lowest BCUT2D eigenvalue weighted by atomic mass is 9.95. The monoisotopic (exact) mass is 579 g/mol. The van der Waals surface area contributed by atoms with E-state index in [1.54, 1.807) is 10.5 Å². The van der Waals surface area contributed by atoms with E-state index in [2.05, 4.69) is 45.5 Å². The molecule has 6 aliphatic rings. The van der Waals surface area contributed by atoms with Crippen molar-refractivity contribution in [3.8, 4) is 12.1 Å². The molecule has 4 fully saturated rings. The van der Waals surface area contributed by atoms with Crippen LogP contribution in [0.1, 0.15) is 66.8 Å². The molecule has 8 rings (SSSR count). The van der Waals surface area contributed by atoms with Crippen LogP contribution in [0, 0.1) is 17.2 Å². The Hall–Kier alpha value is -3.64.